The molecule has 0 aliphatic heterocycles. The smallest absolute Gasteiger partial charge is 0.223 e. The number of pyridine rings is 1. The molecule has 3 rings (SSSR count). The average Bonchev–Trinajstić information content (AvgIpc) is 3.02. The quantitative estimate of drug-likeness (QED) is 0.673. The lowest BCUT2D eigenvalue weighted by Gasteiger charge is -2.26. The Bertz CT molecular complexity index is 999. The summed E-state index contributed by atoms with van der Waals surface area (Å²) in [5, 5.41) is 4.27. The minimum atomic E-state index is -0.383. The minimum absolute atomic E-state index is 0.383. The minimum Gasteiger partial charge on any atom is -0.490 e. The van der Waals surface area contributed by atoms with Crippen molar-refractivity contribution in [3.8, 4) is 17.0 Å². The second-order valence-corrected chi connectivity index (χ2v) is 7.57. The van der Waals surface area contributed by atoms with E-state index in [1.165, 1.54) is 6.20 Å². The Hall–Kier alpha value is -2.98. The summed E-state index contributed by atoms with van der Waals surface area (Å²) in [5.74, 6) is 1.23. The first kappa shape index (κ1) is 18.8. The molecule has 0 amide bonds. The van der Waals surface area contributed by atoms with Crippen LogP contribution >= 0.6 is 0 Å². The lowest BCUT2D eigenvalue weighted by Crippen LogP contribution is -2.43. The van der Waals surface area contributed by atoms with E-state index in [-0.39, 0.29) is 5.54 Å². The summed E-state index contributed by atoms with van der Waals surface area (Å²) in [6.45, 7) is 15.7. The Morgan fingerprint density at radius 2 is 2.11 bits per heavy atom. The lowest BCUT2D eigenvalue weighted by atomic mass is 9.93. The number of hydrogen-bond donors (Lipinski definition) is 1. The molecule has 0 aliphatic carbocycles. The van der Waals surface area contributed by atoms with Crippen LogP contribution in [-0.2, 0) is 0 Å². The summed E-state index contributed by atoms with van der Waals surface area (Å²) in [6, 6.07) is 3.79. The van der Waals surface area contributed by atoms with Crippen molar-refractivity contribution in [2.45, 2.75) is 39.7 Å². The lowest BCUT2D eigenvalue weighted by molar-refractivity contribution is 0.205. The fourth-order valence-electron chi connectivity index (χ4n) is 3.19. The van der Waals surface area contributed by atoms with Crippen LogP contribution in [0, 0.1) is 19.4 Å². The molecule has 27 heavy (non-hydrogen) atoms. The Balaban J connectivity index is 1.82. The van der Waals surface area contributed by atoms with Crippen LogP contribution in [0.1, 0.15) is 32.9 Å². The van der Waals surface area contributed by atoms with Crippen molar-refractivity contribution in [3.05, 3.63) is 47.8 Å². The highest BCUT2D eigenvalue weighted by atomic mass is 16.5. The van der Waals surface area contributed by atoms with Crippen LogP contribution in [0.25, 0.3) is 21.7 Å². The number of hydrogen-bond acceptors (Lipinski definition) is 5. The topological polar surface area (TPSA) is 82.7 Å². The van der Waals surface area contributed by atoms with E-state index in [0.29, 0.717) is 23.9 Å². The van der Waals surface area contributed by atoms with Crippen molar-refractivity contribution in [2.24, 2.45) is 11.7 Å². The van der Waals surface area contributed by atoms with Gasteiger partial charge in [-0.2, -0.15) is 5.10 Å². The zero-order chi connectivity index (χ0) is 19.6. The number of aromatic nitrogens is 4. The van der Waals surface area contributed by atoms with Crippen LogP contribution in [0.5, 0.6) is 5.75 Å². The van der Waals surface area contributed by atoms with Crippen molar-refractivity contribution >= 4 is 11.3 Å². The zero-order valence-electron chi connectivity index (χ0n) is 16.1. The molecule has 0 saturated heterocycles. The van der Waals surface area contributed by atoms with Crippen molar-refractivity contribution in [1.29, 1.82) is 0 Å². The Labute approximate surface area is 159 Å². The third kappa shape index (κ3) is 4.23. The van der Waals surface area contributed by atoms with E-state index in [0.717, 1.165) is 29.1 Å². The highest BCUT2D eigenvalue weighted by Gasteiger charge is 2.21. The number of aryl methyl sites for hydroxylation is 1. The predicted molar refractivity (Wildman–Crippen MR) is 105 cm³/mol. The van der Waals surface area contributed by atoms with Crippen LogP contribution < -0.4 is 10.5 Å². The Kier molecular flexibility index (Phi) is 5.10. The van der Waals surface area contributed by atoms with E-state index in [1.54, 1.807) is 16.9 Å². The maximum atomic E-state index is 7.07. The van der Waals surface area contributed by atoms with Gasteiger partial charge in [0.05, 0.1) is 29.7 Å². The molecule has 0 bridgehead atoms. The molecule has 3 aromatic rings. The summed E-state index contributed by atoms with van der Waals surface area (Å²) in [5.41, 5.74) is 9.39. The second-order valence-electron chi connectivity index (χ2n) is 7.57. The largest absolute Gasteiger partial charge is 0.490 e. The number of nitrogens with two attached hydrogens (primary N) is 1. The number of fused-ring (bicyclic) bond motifs is 1. The third-order valence-electron chi connectivity index (χ3n) is 4.22. The van der Waals surface area contributed by atoms with Gasteiger partial charge < -0.3 is 10.5 Å². The van der Waals surface area contributed by atoms with Gasteiger partial charge in [-0.05, 0) is 38.3 Å². The highest BCUT2D eigenvalue weighted by Crippen LogP contribution is 2.27. The third-order valence-corrected chi connectivity index (χ3v) is 4.22. The molecule has 2 N–H and O–H groups in total. The van der Waals surface area contributed by atoms with E-state index in [9.17, 15) is 0 Å². The second kappa shape index (κ2) is 7.33. The molecule has 140 valence electrons. The molecule has 0 spiro atoms. The standard InChI is InChI=1S/C20H24N6O/c1-13(2)8-20(4,21)12-27-18-7-6-17(25-14(18)3)16-10-24-26-11-15(22-5)9-23-19(16)26/h6-7,9-11,13H,8,12,21H2,1-4H3/t20-/m0/s1. The molecule has 0 fully saturated rings. The highest BCUT2D eigenvalue weighted by molar-refractivity contribution is 5.75. The maximum Gasteiger partial charge on any atom is 0.223 e. The first-order valence-electron chi connectivity index (χ1n) is 8.89. The fraction of sp³-hybridized carbons (Fsp3) is 0.400. The van der Waals surface area contributed by atoms with Gasteiger partial charge in [-0.3, -0.25) is 0 Å². The van der Waals surface area contributed by atoms with Gasteiger partial charge in [0.1, 0.15) is 12.4 Å². The van der Waals surface area contributed by atoms with Gasteiger partial charge in [0.2, 0.25) is 5.69 Å². The maximum absolute atomic E-state index is 7.07. The van der Waals surface area contributed by atoms with Gasteiger partial charge in [0, 0.05) is 17.9 Å². The molecule has 7 nitrogen and oxygen atoms in total. The van der Waals surface area contributed by atoms with Crippen LogP contribution in [0.15, 0.2) is 30.7 Å². The van der Waals surface area contributed by atoms with E-state index in [2.05, 4.69) is 33.8 Å². The van der Waals surface area contributed by atoms with Crippen LogP contribution in [0.3, 0.4) is 0 Å². The number of rotatable bonds is 6. The molecule has 0 aliphatic rings. The molecule has 1 atom stereocenters. The number of ether oxygens (including phenoxy) is 1. The first-order chi connectivity index (χ1) is 12.8. The summed E-state index contributed by atoms with van der Waals surface area (Å²) in [6.07, 6.45) is 5.78. The predicted octanol–water partition coefficient (Wildman–Crippen LogP) is 3.79. The van der Waals surface area contributed by atoms with Crippen molar-refractivity contribution in [1.82, 2.24) is 19.6 Å². The monoisotopic (exact) mass is 364 g/mol. The summed E-state index contributed by atoms with van der Waals surface area (Å²) >= 11 is 0. The SMILES string of the molecule is [C-]#[N+]c1cnc2c(-c3ccc(OC[C@@](C)(N)CC(C)C)c(C)n3)cnn2c1. The molecule has 7 heteroatoms. The molecular weight excluding hydrogens is 340 g/mol. The molecule has 0 aromatic carbocycles. The van der Waals surface area contributed by atoms with Gasteiger partial charge in [0.25, 0.3) is 0 Å². The van der Waals surface area contributed by atoms with Gasteiger partial charge in [-0.15, -0.1) is 0 Å². The van der Waals surface area contributed by atoms with Crippen LogP contribution in [0.2, 0.25) is 0 Å². The van der Waals surface area contributed by atoms with E-state index in [4.69, 9.17) is 17.0 Å². The van der Waals surface area contributed by atoms with Crippen molar-refractivity contribution in [3.63, 3.8) is 0 Å². The van der Waals surface area contributed by atoms with E-state index in [1.807, 2.05) is 26.0 Å². The van der Waals surface area contributed by atoms with E-state index >= 15 is 0 Å². The van der Waals surface area contributed by atoms with E-state index < -0.39 is 0 Å². The van der Waals surface area contributed by atoms with Gasteiger partial charge in [-0.1, -0.05) is 13.8 Å². The molecule has 0 radical (unpaired) electrons. The van der Waals surface area contributed by atoms with Crippen LogP contribution in [0.4, 0.5) is 5.69 Å². The molecule has 3 heterocycles. The summed E-state index contributed by atoms with van der Waals surface area (Å²) < 4.78 is 7.53. The first-order valence-corrected chi connectivity index (χ1v) is 8.89. The normalized spacial score (nSPS) is 13.5. The van der Waals surface area contributed by atoms with Gasteiger partial charge in [0.15, 0.2) is 5.65 Å². The molecular formula is C20H24N6O. The average molecular weight is 364 g/mol. The van der Waals surface area contributed by atoms with Gasteiger partial charge in [-0.25, -0.2) is 19.3 Å². The Morgan fingerprint density at radius 3 is 2.78 bits per heavy atom. The van der Waals surface area contributed by atoms with Gasteiger partial charge >= 0.3 is 0 Å². The summed E-state index contributed by atoms with van der Waals surface area (Å²) in [4.78, 5) is 12.4. The number of nitrogens with zero attached hydrogens (tertiary/aromatic N) is 5. The zero-order valence-corrected chi connectivity index (χ0v) is 16.1. The molecule has 0 unspecified atom stereocenters. The molecule has 0 saturated carbocycles. The summed E-state index contributed by atoms with van der Waals surface area (Å²) in [7, 11) is 0. The van der Waals surface area contributed by atoms with Crippen molar-refractivity contribution in [2.75, 3.05) is 6.61 Å². The fourth-order valence-corrected chi connectivity index (χ4v) is 3.19. The van der Waals surface area contributed by atoms with Crippen molar-refractivity contribution < 1.29 is 4.74 Å². The molecule has 3 aromatic heterocycles. The van der Waals surface area contributed by atoms with Crippen LogP contribution in [-0.4, -0.2) is 31.7 Å². The Morgan fingerprint density at radius 1 is 1.33 bits per heavy atom.